The molecule has 0 amide bonds. The van der Waals surface area contributed by atoms with Gasteiger partial charge < -0.3 is 24.8 Å². The molecule has 6 aliphatic carbocycles. The zero-order valence-electron chi connectivity index (χ0n) is 40.5. The summed E-state index contributed by atoms with van der Waals surface area (Å²) >= 11 is -3.87. The molecular weight excluding hydrogens is 961 g/mol. The van der Waals surface area contributed by atoms with E-state index in [2.05, 4.69) is 162 Å². The molecule has 2 aromatic carbocycles. The average Bonchev–Trinajstić information content (AvgIpc) is 3.73. The van der Waals surface area contributed by atoms with Crippen molar-refractivity contribution < 1.29 is 72.4 Å². The average molecular weight is 1030 g/mol. The number of hydrogen-bond acceptors (Lipinski definition) is 0. The number of alkyl halides is 6. The van der Waals surface area contributed by atoms with Crippen molar-refractivity contribution in [1.29, 1.82) is 0 Å². The minimum atomic E-state index is -4.55. The van der Waals surface area contributed by atoms with Crippen LogP contribution in [-0.2, 0) is 33.6 Å². The normalized spacial score (nSPS) is 36.1. The summed E-state index contributed by atoms with van der Waals surface area (Å²) in [6.07, 6.45) is 24.6. The Labute approximate surface area is 410 Å². The van der Waals surface area contributed by atoms with E-state index in [0.29, 0.717) is 11.1 Å². The van der Waals surface area contributed by atoms with Crippen LogP contribution in [0.25, 0.3) is 0 Å². The van der Waals surface area contributed by atoms with Crippen LogP contribution < -0.4 is 24.8 Å². The fourth-order valence-corrected chi connectivity index (χ4v) is 26.7. The fourth-order valence-electron chi connectivity index (χ4n) is 14.9. The zero-order valence-corrected chi connectivity index (χ0v) is 44.5. The summed E-state index contributed by atoms with van der Waals surface area (Å²) < 4.78 is 88.8. The van der Waals surface area contributed by atoms with Crippen molar-refractivity contribution >= 4 is 3.21 Å². The molecule has 0 radical (unpaired) electrons. The van der Waals surface area contributed by atoms with Crippen molar-refractivity contribution in [2.45, 2.75) is 118 Å². The van der Waals surface area contributed by atoms with Crippen molar-refractivity contribution in [1.82, 2.24) is 0 Å². The van der Waals surface area contributed by atoms with E-state index in [1.807, 2.05) is 0 Å². The minimum Gasteiger partial charge on any atom is -1.00 e. The zero-order chi connectivity index (χ0) is 46.9. The first-order valence-electron chi connectivity index (χ1n) is 23.3. The number of allylic oxidation sites excluding steroid dienone is 16. The molecule has 0 aliphatic heterocycles. The second kappa shape index (κ2) is 17.0. The molecule has 354 valence electrons. The molecule has 0 saturated heterocycles. The summed E-state index contributed by atoms with van der Waals surface area (Å²) in [5.74, 6) is 0.0994. The van der Waals surface area contributed by atoms with E-state index in [-0.39, 0.29) is 51.1 Å². The summed E-state index contributed by atoms with van der Waals surface area (Å²) in [6.45, 7) is 28.8. The summed E-state index contributed by atoms with van der Waals surface area (Å²) in [4.78, 5) is 0. The van der Waals surface area contributed by atoms with Gasteiger partial charge >= 0.3 is 388 Å². The maximum absolute atomic E-state index is 14.4. The molecule has 2 fully saturated rings. The maximum Gasteiger partial charge on any atom is -1.00 e. The molecule has 6 aliphatic rings. The first-order chi connectivity index (χ1) is 29.6. The third-order valence-corrected chi connectivity index (χ3v) is 28.6. The molecular formula is C57H66Cl2F6Zr. The van der Waals surface area contributed by atoms with Gasteiger partial charge in [-0.3, -0.25) is 0 Å². The SMILES string of the molecule is CCCCC1C=C(C(C)(C)C)C=[C]1[Zr+2](=[C](c1ccc(C(F)(F)F)cc1)c1ccc(C(F)(F)F)cc1)[CH]1C2C=CC=C(C)C2(C)C2(C)C3(C)C=CC=CC3(C)C3(C)C=CC=CC3(C)C12C.[Cl-].[Cl-]. The molecule has 9 heteroatoms. The Balaban J connectivity index is 0.00000360. The number of hydrogen-bond donors (Lipinski definition) is 0. The maximum atomic E-state index is 14.4. The number of halogens is 8. The Kier molecular flexibility index (Phi) is 13.6. The van der Waals surface area contributed by atoms with E-state index >= 15 is 0 Å². The fraction of sp³-hybridized carbons (Fsp3) is 0.491. The van der Waals surface area contributed by atoms with Crippen LogP contribution in [0, 0.1) is 55.2 Å². The first kappa shape index (κ1) is 52.6. The van der Waals surface area contributed by atoms with Crippen LogP contribution in [0.3, 0.4) is 0 Å². The molecule has 2 aromatic rings. The van der Waals surface area contributed by atoms with Gasteiger partial charge in [-0.05, 0) is 0 Å². The van der Waals surface area contributed by atoms with Gasteiger partial charge in [-0.15, -0.1) is 0 Å². The van der Waals surface area contributed by atoms with Crippen LogP contribution >= 0.6 is 0 Å². The van der Waals surface area contributed by atoms with Gasteiger partial charge in [0.1, 0.15) is 0 Å². The smallest absolute Gasteiger partial charge is 1.00 e. The number of fused-ring (bicyclic) bond motifs is 8. The van der Waals surface area contributed by atoms with E-state index in [0.717, 1.165) is 22.5 Å². The van der Waals surface area contributed by atoms with Crippen LogP contribution in [-0.4, -0.2) is 3.21 Å². The summed E-state index contributed by atoms with van der Waals surface area (Å²) in [6, 6.07) is 11.2. The molecule has 0 nitrogen and oxygen atoms in total. The van der Waals surface area contributed by atoms with E-state index in [1.54, 1.807) is 24.3 Å². The summed E-state index contributed by atoms with van der Waals surface area (Å²) in [7, 11) is 0. The van der Waals surface area contributed by atoms with Crippen LogP contribution in [0.1, 0.15) is 125 Å². The second-order valence-electron chi connectivity index (χ2n) is 22.2. The van der Waals surface area contributed by atoms with Crippen LogP contribution in [0.5, 0.6) is 0 Å². The van der Waals surface area contributed by atoms with Gasteiger partial charge in [0, 0.05) is 0 Å². The van der Waals surface area contributed by atoms with Gasteiger partial charge in [-0.1, -0.05) is 0 Å². The van der Waals surface area contributed by atoms with E-state index < -0.39 is 77.2 Å². The number of rotatable bonds is 7. The molecule has 0 spiro atoms. The van der Waals surface area contributed by atoms with Gasteiger partial charge in [0.15, 0.2) is 0 Å². The Bertz CT molecular complexity index is 2460. The molecule has 0 N–H and O–H groups in total. The molecule has 8 rings (SSSR count). The summed E-state index contributed by atoms with van der Waals surface area (Å²) in [5, 5.41) is 0. The Morgan fingerprint density at radius 3 is 1.55 bits per heavy atom. The van der Waals surface area contributed by atoms with Crippen LogP contribution in [0.15, 0.2) is 142 Å². The Morgan fingerprint density at radius 1 is 0.636 bits per heavy atom. The monoisotopic (exact) mass is 1020 g/mol. The van der Waals surface area contributed by atoms with Crippen molar-refractivity contribution in [3.63, 3.8) is 0 Å². The molecule has 0 aromatic heterocycles. The van der Waals surface area contributed by atoms with Gasteiger partial charge in [-0.25, -0.2) is 0 Å². The van der Waals surface area contributed by atoms with E-state index in [1.165, 1.54) is 38.7 Å². The largest absolute Gasteiger partial charge is 1.00 e. The quantitative estimate of drug-likeness (QED) is 0.243. The van der Waals surface area contributed by atoms with Crippen molar-refractivity contribution in [2.24, 2.45) is 55.2 Å². The predicted molar refractivity (Wildman–Crippen MR) is 248 cm³/mol. The van der Waals surface area contributed by atoms with Crippen molar-refractivity contribution in [2.75, 3.05) is 0 Å². The number of unbranched alkanes of at least 4 members (excludes halogenated alkanes) is 1. The molecule has 0 heterocycles. The molecule has 10 atom stereocenters. The van der Waals surface area contributed by atoms with Gasteiger partial charge in [0.05, 0.1) is 0 Å². The Hall–Kier alpha value is -2.73. The minimum absolute atomic E-state index is 0. The van der Waals surface area contributed by atoms with Crippen LogP contribution in [0.2, 0.25) is 3.63 Å². The molecule has 10 unspecified atom stereocenters. The topological polar surface area (TPSA) is 0 Å². The van der Waals surface area contributed by atoms with Crippen molar-refractivity contribution in [3.8, 4) is 0 Å². The Morgan fingerprint density at radius 2 is 1.09 bits per heavy atom. The van der Waals surface area contributed by atoms with Gasteiger partial charge in [0.25, 0.3) is 0 Å². The third kappa shape index (κ3) is 6.85. The van der Waals surface area contributed by atoms with Crippen LogP contribution in [0.4, 0.5) is 26.3 Å². The molecule has 0 bridgehead atoms. The predicted octanol–water partition coefficient (Wildman–Crippen LogP) is 10.8. The van der Waals surface area contributed by atoms with Gasteiger partial charge in [-0.2, -0.15) is 0 Å². The van der Waals surface area contributed by atoms with E-state index in [4.69, 9.17) is 0 Å². The summed E-state index contributed by atoms with van der Waals surface area (Å²) in [5.41, 5.74) is -0.726. The second-order valence-corrected chi connectivity index (χ2v) is 28.4. The van der Waals surface area contributed by atoms with E-state index in [9.17, 15) is 26.3 Å². The van der Waals surface area contributed by atoms with Crippen molar-refractivity contribution in [3.05, 3.63) is 164 Å². The first-order valence-corrected chi connectivity index (χ1v) is 27.1. The standard InChI is InChI=1S/C29H37.C15H8F6.C13H21.2ClH.Zr/c1-21-14-13-15-22-20-27(6)25(4)18-10-9-16-23(25,2)24(3)17-11-12-19-26(24,5)29(27,8)28(21,22)7;16-14(17,18)12-5-1-10(2-6-12)9-11-3-7-13(8-4-11)15(19,20)21;1-5-6-7-11-8-9-12(10-11)13(2,3)4;;;/h9-20,22H,1-8H3;1-8H;9-11H,5-7H2,1-4H3;2*1H;/q;;;;;+2/p-2. The number of benzene rings is 2. The molecule has 2 saturated carbocycles. The molecule has 66 heavy (non-hydrogen) atoms. The third-order valence-electron chi connectivity index (χ3n) is 19.2. The van der Waals surface area contributed by atoms with Gasteiger partial charge in [0.2, 0.25) is 0 Å².